The van der Waals surface area contributed by atoms with E-state index < -0.39 is 0 Å². The fourth-order valence-electron chi connectivity index (χ4n) is 4.00. The molecule has 0 atom stereocenters. The van der Waals surface area contributed by atoms with Gasteiger partial charge < -0.3 is 0 Å². The molecule has 0 bridgehead atoms. The third-order valence-corrected chi connectivity index (χ3v) is 6.03. The first-order valence-corrected chi connectivity index (χ1v) is 10.5. The van der Waals surface area contributed by atoms with E-state index >= 15 is 0 Å². The van der Waals surface area contributed by atoms with Gasteiger partial charge in [0.2, 0.25) is 0 Å². The Kier molecular flexibility index (Phi) is 4.54. The Balaban J connectivity index is 1.76. The fourth-order valence-corrected chi connectivity index (χ4v) is 4.43. The van der Waals surface area contributed by atoms with E-state index in [1.807, 2.05) is 18.2 Å². The SMILES string of the molecule is Clc1ccc2nc3c(c(-c4ccccc4)c2c1)CCC3=Cc1ccc(Br)cc1. The van der Waals surface area contributed by atoms with E-state index in [0.717, 1.165) is 38.9 Å². The molecule has 3 heteroatoms. The summed E-state index contributed by atoms with van der Waals surface area (Å²) in [6.07, 6.45) is 4.27. The van der Waals surface area contributed by atoms with Crippen LogP contribution < -0.4 is 0 Å². The molecule has 0 fully saturated rings. The molecular formula is C25H17BrClN. The Morgan fingerprint density at radius 3 is 2.46 bits per heavy atom. The van der Waals surface area contributed by atoms with E-state index in [2.05, 4.69) is 76.6 Å². The molecule has 136 valence electrons. The fraction of sp³-hybridized carbons (Fsp3) is 0.0800. The predicted molar refractivity (Wildman–Crippen MR) is 123 cm³/mol. The monoisotopic (exact) mass is 445 g/mol. The largest absolute Gasteiger partial charge is 0.248 e. The van der Waals surface area contributed by atoms with Crippen molar-refractivity contribution in [3.8, 4) is 11.1 Å². The topological polar surface area (TPSA) is 12.9 Å². The van der Waals surface area contributed by atoms with Crippen molar-refractivity contribution in [2.75, 3.05) is 0 Å². The number of pyridine rings is 1. The summed E-state index contributed by atoms with van der Waals surface area (Å²) in [5.74, 6) is 0. The molecule has 1 aromatic heterocycles. The second-order valence-corrected chi connectivity index (χ2v) is 8.41. The molecule has 0 amide bonds. The Labute approximate surface area is 177 Å². The van der Waals surface area contributed by atoms with Crippen molar-refractivity contribution < 1.29 is 0 Å². The summed E-state index contributed by atoms with van der Waals surface area (Å²) in [6, 6.07) is 25.0. The molecule has 0 N–H and O–H groups in total. The van der Waals surface area contributed by atoms with Crippen molar-refractivity contribution in [3.05, 3.63) is 99.1 Å². The van der Waals surface area contributed by atoms with Crippen molar-refractivity contribution in [3.63, 3.8) is 0 Å². The maximum Gasteiger partial charge on any atom is 0.0716 e. The minimum absolute atomic E-state index is 0.745. The van der Waals surface area contributed by atoms with Gasteiger partial charge in [-0.2, -0.15) is 0 Å². The zero-order chi connectivity index (χ0) is 19.1. The first-order chi connectivity index (χ1) is 13.7. The lowest BCUT2D eigenvalue weighted by atomic mass is 9.94. The Morgan fingerprint density at radius 2 is 1.68 bits per heavy atom. The summed E-state index contributed by atoms with van der Waals surface area (Å²) in [7, 11) is 0. The molecule has 0 saturated heterocycles. The summed E-state index contributed by atoms with van der Waals surface area (Å²) in [5.41, 5.74) is 8.42. The van der Waals surface area contributed by atoms with Crippen molar-refractivity contribution in [2.24, 2.45) is 0 Å². The molecule has 1 heterocycles. The first-order valence-electron chi connectivity index (χ1n) is 9.33. The summed E-state index contributed by atoms with van der Waals surface area (Å²) >= 11 is 9.84. The van der Waals surface area contributed by atoms with Gasteiger partial charge in [-0.1, -0.05) is 70.0 Å². The van der Waals surface area contributed by atoms with Gasteiger partial charge in [-0.15, -0.1) is 0 Å². The number of nitrogens with zero attached hydrogens (tertiary/aromatic N) is 1. The molecule has 3 aromatic carbocycles. The number of allylic oxidation sites excluding steroid dienone is 1. The summed E-state index contributed by atoms with van der Waals surface area (Å²) in [6.45, 7) is 0. The Hall–Kier alpha value is -2.42. The highest BCUT2D eigenvalue weighted by molar-refractivity contribution is 9.10. The molecule has 4 aromatic rings. The van der Waals surface area contributed by atoms with Crippen molar-refractivity contribution >= 4 is 50.1 Å². The number of hydrogen-bond acceptors (Lipinski definition) is 1. The standard InChI is InChI=1S/C25H17BrClN/c26-19-9-6-16(7-10-19)14-18-8-12-21-24(17-4-2-1-3-5-17)22-15-20(27)11-13-23(22)28-25(18)21/h1-7,9-11,13-15H,8,12H2. The van der Waals surface area contributed by atoms with Gasteiger partial charge in [0, 0.05) is 14.9 Å². The van der Waals surface area contributed by atoms with Crippen molar-refractivity contribution in [2.45, 2.75) is 12.8 Å². The summed E-state index contributed by atoms with van der Waals surface area (Å²) < 4.78 is 1.09. The van der Waals surface area contributed by atoms with Gasteiger partial charge in [0.05, 0.1) is 11.2 Å². The van der Waals surface area contributed by atoms with Gasteiger partial charge >= 0.3 is 0 Å². The highest BCUT2D eigenvalue weighted by atomic mass is 79.9. The van der Waals surface area contributed by atoms with Crippen LogP contribution in [0.2, 0.25) is 5.02 Å². The highest BCUT2D eigenvalue weighted by Gasteiger charge is 2.24. The molecule has 5 rings (SSSR count). The van der Waals surface area contributed by atoms with Crippen LogP contribution in [0, 0.1) is 0 Å². The third kappa shape index (κ3) is 3.17. The van der Waals surface area contributed by atoms with Crippen LogP contribution in [0.25, 0.3) is 33.7 Å². The lowest BCUT2D eigenvalue weighted by Crippen LogP contribution is -1.95. The van der Waals surface area contributed by atoms with Gasteiger partial charge in [0.1, 0.15) is 0 Å². The van der Waals surface area contributed by atoms with Gasteiger partial charge in [0.25, 0.3) is 0 Å². The molecule has 1 aliphatic carbocycles. The number of halogens is 2. The number of rotatable bonds is 2. The number of fused-ring (bicyclic) bond motifs is 2. The minimum Gasteiger partial charge on any atom is -0.248 e. The quantitative estimate of drug-likeness (QED) is 0.306. The van der Waals surface area contributed by atoms with E-state index in [0.29, 0.717) is 0 Å². The first kappa shape index (κ1) is 17.7. The lowest BCUT2D eigenvalue weighted by Gasteiger charge is -2.13. The molecule has 0 aliphatic heterocycles. The maximum atomic E-state index is 6.33. The van der Waals surface area contributed by atoms with E-state index in [1.165, 1.54) is 27.8 Å². The molecule has 1 nitrogen and oxygen atoms in total. The van der Waals surface area contributed by atoms with Gasteiger partial charge in [-0.05, 0) is 77.1 Å². The number of aromatic nitrogens is 1. The number of hydrogen-bond donors (Lipinski definition) is 0. The van der Waals surface area contributed by atoms with Crippen LogP contribution >= 0.6 is 27.5 Å². The summed E-state index contributed by atoms with van der Waals surface area (Å²) in [5, 5.41) is 1.87. The van der Waals surface area contributed by atoms with E-state index in [-0.39, 0.29) is 0 Å². The van der Waals surface area contributed by atoms with Crippen molar-refractivity contribution in [1.82, 2.24) is 4.98 Å². The highest BCUT2D eigenvalue weighted by Crippen LogP contribution is 2.42. The Morgan fingerprint density at radius 1 is 0.893 bits per heavy atom. The van der Waals surface area contributed by atoms with E-state index in [4.69, 9.17) is 16.6 Å². The van der Waals surface area contributed by atoms with Crippen LogP contribution in [-0.2, 0) is 6.42 Å². The van der Waals surface area contributed by atoms with E-state index in [1.54, 1.807) is 0 Å². The number of benzene rings is 3. The molecule has 0 radical (unpaired) electrons. The van der Waals surface area contributed by atoms with Crippen LogP contribution in [0.4, 0.5) is 0 Å². The molecule has 0 saturated carbocycles. The lowest BCUT2D eigenvalue weighted by molar-refractivity contribution is 1.08. The predicted octanol–water partition coefficient (Wildman–Crippen LogP) is 7.80. The van der Waals surface area contributed by atoms with Crippen LogP contribution in [0.1, 0.15) is 23.2 Å². The maximum absolute atomic E-state index is 6.33. The molecule has 1 aliphatic rings. The molecule has 0 unspecified atom stereocenters. The molecular weight excluding hydrogens is 430 g/mol. The smallest absolute Gasteiger partial charge is 0.0716 e. The second-order valence-electron chi connectivity index (χ2n) is 7.06. The zero-order valence-corrected chi connectivity index (χ0v) is 17.5. The van der Waals surface area contributed by atoms with Gasteiger partial charge in [-0.3, -0.25) is 0 Å². The van der Waals surface area contributed by atoms with Gasteiger partial charge in [0.15, 0.2) is 0 Å². The van der Waals surface area contributed by atoms with Crippen LogP contribution in [0.15, 0.2) is 77.3 Å². The normalized spacial score (nSPS) is 14.6. The Bertz CT molecular complexity index is 1210. The van der Waals surface area contributed by atoms with Crippen molar-refractivity contribution in [1.29, 1.82) is 0 Å². The van der Waals surface area contributed by atoms with Gasteiger partial charge in [-0.25, -0.2) is 4.98 Å². The second kappa shape index (κ2) is 7.20. The van der Waals surface area contributed by atoms with Crippen LogP contribution in [-0.4, -0.2) is 4.98 Å². The third-order valence-electron chi connectivity index (χ3n) is 5.27. The average Bonchev–Trinajstić information content (AvgIpc) is 3.11. The zero-order valence-electron chi connectivity index (χ0n) is 15.1. The molecule has 28 heavy (non-hydrogen) atoms. The molecule has 0 spiro atoms. The average molecular weight is 447 g/mol. The summed E-state index contributed by atoms with van der Waals surface area (Å²) in [4.78, 5) is 5.04. The minimum atomic E-state index is 0.745. The van der Waals surface area contributed by atoms with Crippen LogP contribution in [0.3, 0.4) is 0 Å². The van der Waals surface area contributed by atoms with E-state index in [9.17, 15) is 0 Å². The van der Waals surface area contributed by atoms with Crippen LogP contribution in [0.5, 0.6) is 0 Å².